The molecular formula is C24H20N4O6. The van der Waals surface area contributed by atoms with Crippen LogP contribution in [-0.4, -0.2) is 27.6 Å². The number of benzene rings is 3. The Balaban J connectivity index is 1.44. The number of nitro groups is 1. The second-order valence-electron chi connectivity index (χ2n) is 7.40. The number of aryl methyl sites for hydroxylation is 1. The van der Waals surface area contributed by atoms with Crippen molar-refractivity contribution in [1.29, 1.82) is 0 Å². The third kappa shape index (κ3) is 5.36. The van der Waals surface area contributed by atoms with E-state index in [-0.39, 0.29) is 18.9 Å². The summed E-state index contributed by atoms with van der Waals surface area (Å²) in [5, 5.41) is 15.0. The first kappa shape index (κ1) is 22.5. The lowest BCUT2D eigenvalue weighted by Gasteiger charge is -2.08. The van der Waals surface area contributed by atoms with Gasteiger partial charge in [0.05, 0.1) is 4.92 Å². The minimum Gasteiger partial charge on any atom is -0.489 e. The molecule has 2 N–H and O–H groups in total. The van der Waals surface area contributed by atoms with Crippen LogP contribution in [0.15, 0.2) is 71.3 Å². The standard InChI is InChI=1S/C24H20N4O6/c1-15-11-20(9-10-21(15)28(30)31)32-13-16-3-2-4-18(12-16)24-26-23(27-34-24)17-5-7-19(8-6-17)33-14-22(25)29/h2-12H,13-14H2,1H3,(H2,25,29). The van der Waals surface area contributed by atoms with Crippen molar-refractivity contribution < 1.29 is 23.7 Å². The van der Waals surface area contributed by atoms with Crippen molar-refractivity contribution in [3.8, 4) is 34.3 Å². The van der Waals surface area contributed by atoms with E-state index in [1.807, 2.05) is 24.3 Å². The van der Waals surface area contributed by atoms with Crippen LogP contribution in [0.2, 0.25) is 0 Å². The lowest BCUT2D eigenvalue weighted by molar-refractivity contribution is -0.385. The van der Waals surface area contributed by atoms with Crippen molar-refractivity contribution in [2.24, 2.45) is 5.73 Å². The number of nitrogens with two attached hydrogens (primary N) is 1. The van der Waals surface area contributed by atoms with Crippen LogP contribution in [0.3, 0.4) is 0 Å². The summed E-state index contributed by atoms with van der Waals surface area (Å²) in [7, 11) is 0. The molecule has 0 radical (unpaired) electrons. The van der Waals surface area contributed by atoms with Gasteiger partial charge in [0.25, 0.3) is 17.5 Å². The number of ether oxygens (including phenoxy) is 2. The van der Waals surface area contributed by atoms with E-state index in [4.69, 9.17) is 19.7 Å². The normalized spacial score (nSPS) is 10.6. The van der Waals surface area contributed by atoms with E-state index >= 15 is 0 Å². The smallest absolute Gasteiger partial charge is 0.272 e. The van der Waals surface area contributed by atoms with E-state index < -0.39 is 10.8 Å². The molecule has 4 rings (SSSR count). The van der Waals surface area contributed by atoms with Crippen molar-refractivity contribution in [1.82, 2.24) is 10.1 Å². The highest BCUT2D eigenvalue weighted by molar-refractivity contribution is 5.75. The van der Waals surface area contributed by atoms with Crippen LogP contribution in [0.5, 0.6) is 11.5 Å². The average Bonchev–Trinajstić information content (AvgIpc) is 3.32. The Kier molecular flexibility index (Phi) is 6.49. The van der Waals surface area contributed by atoms with Crippen LogP contribution < -0.4 is 15.2 Å². The Morgan fingerprint density at radius 2 is 1.79 bits per heavy atom. The Bertz CT molecular complexity index is 1330. The molecule has 1 heterocycles. The number of nitro benzene ring substituents is 1. The highest BCUT2D eigenvalue weighted by atomic mass is 16.6. The fourth-order valence-corrected chi connectivity index (χ4v) is 3.20. The van der Waals surface area contributed by atoms with Crippen LogP contribution >= 0.6 is 0 Å². The summed E-state index contributed by atoms with van der Waals surface area (Å²) < 4.78 is 16.5. The molecule has 10 nitrogen and oxygen atoms in total. The Hall–Kier alpha value is -4.73. The van der Waals surface area contributed by atoms with Gasteiger partial charge in [0, 0.05) is 22.8 Å². The number of aromatic nitrogens is 2. The van der Waals surface area contributed by atoms with Gasteiger partial charge in [-0.25, -0.2) is 0 Å². The maximum Gasteiger partial charge on any atom is 0.272 e. The number of nitrogens with zero attached hydrogens (tertiary/aromatic N) is 3. The molecule has 0 aliphatic rings. The van der Waals surface area contributed by atoms with Gasteiger partial charge in [-0.2, -0.15) is 4.98 Å². The van der Waals surface area contributed by atoms with Crippen molar-refractivity contribution in [2.45, 2.75) is 13.5 Å². The van der Waals surface area contributed by atoms with E-state index in [0.717, 1.165) is 16.7 Å². The van der Waals surface area contributed by atoms with Gasteiger partial charge in [-0.3, -0.25) is 14.9 Å². The summed E-state index contributed by atoms with van der Waals surface area (Å²) in [5.41, 5.74) is 7.96. The second-order valence-corrected chi connectivity index (χ2v) is 7.40. The number of primary amides is 1. The monoisotopic (exact) mass is 460 g/mol. The van der Waals surface area contributed by atoms with E-state index in [1.54, 1.807) is 43.3 Å². The summed E-state index contributed by atoms with van der Waals surface area (Å²) in [6.07, 6.45) is 0. The van der Waals surface area contributed by atoms with Crippen LogP contribution in [0.4, 0.5) is 5.69 Å². The molecule has 10 heteroatoms. The zero-order valence-corrected chi connectivity index (χ0v) is 18.1. The van der Waals surface area contributed by atoms with Crippen molar-refractivity contribution in [3.63, 3.8) is 0 Å². The van der Waals surface area contributed by atoms with Gasteiger partial charge >= 0.3 is 0 Å². The molecule has 1 amide bonds. The predicted molar refractivity (Wildman–Crippen MR) is 122 cm³/mol. The van der Waals surface area contributed by atoms with Crippen molar-refractivity contribution in [3.05, 3.63) is 88.0 Å². The van der Waals surface area contributed by atoms with Gasteiger partial charge in [0.2, 0.25) is 5.82 Å². The molecule has 0 bridgehead atoms. The molecule has 0 atom stereocenters. The highest BCUT2D eigenvalue weighted by Gasteiger charge is 2.13. The minimum absolute atomic E-state index is 0.0503. The van der Waals surface area contributed by atoms with E-state index in [2.05, 4.69) is 10.1 Å². The summed E-state index contributed by atoms with van der Waals surface area (Å²) in [6.45, 7) is 1.73. The molecular weight excluding hydrogens is 440 g/mol. The van der Waals surface area contributed by atoms with Crippen molar-refractivity contribution in [2.75, 3.05) is 6.61 Å². The lowest BCUT2D eigenvalue weighted by atomic mass is 10.1. The van der Waals surface area contributed by atoms with Gasteiger partial charge in [0.15, 0.2) is 6.61 Å². The fraction of sp³-hybridized carbons (Fsp3) is 0.125. The maximum atomic E-state index is 11.0. The first-order chi connectivity index (χ1) is 16.4. The number of rotatable bonds is 9. The third-order valence-electron chi connectivity index (χ3n) is 4.86. The molecule has 34 heavy (non-hydrogen) atoms. The zero-order chi connectivity index (χ0) is 24.1. The van der Waals surface area contributed by atoms with Crippen LogP contribution in [0.25, 0.3) is 22.8 Å². The molecule has 0 saturated carbocycles. The number of amides is 1. The predicted octanol–water partition coefficient (Wildman–Crippen LogP) is 4.06. The topological polar surface area (TPSA) is 144 Å². The van der Waals surface area contributed by atoms with Gasteiger partial charge in [-0.1, -0.05) is 17.3 Å². The molecule has 1 aromatic heterocycles. The average molecular weight is 460 g/mol. The first-order valence-corrected chi connectivity index (χ1v) is 10.2. The van der Waals surface area contributed by atoms with Gasteiger partial charge in [-0.05, 0) is 61.0 Å². The Morgan fingerprint density at radius 1 is 1.03 bits per heavy atom. The number of carbonyl (C=O) groups excluding carboxylic acids is 1. The third-order valence-corrected chi connectivity index (χ3v) is 4.86. The highest BCUT2D eigenvalue weighted by Crippen LogP contribution is 2.26. The lowest BCUT2D eigenvalue weighted by Crippen LogP contribution is -2.19. The number of hydrogen-bond acceptors (Lipinski definition) is 8. The fourth-order valence-electron chi connectivity index (χ4n) is 3.20. The SMILES string of the molecule is Cc1cc(OCc2cccc(-c3nc(-c4ccc(OCC(N)=O)cc4)no3)c2)ccc1[N+](=O)[O-]. The number of hydrogen-bond donors (Lipinski definition) is 1. The molecule has 172 valence electrons. The summed E-state index contributed by atoms with van der Waals surface area (Å²) >= 11 is 0. The molecule has 0 saturated heterocycles. The Morgan fingerprint density at radius 3 is 2.50 bits per heavy atom. The molecule has 0 aliphatic heterocycles. The summed E-state index contributed by atoms with van der Waals surface area (Å²) in [4.78, 5) is 25.8. The van der Waals surface area contributed by atoms with Crippen molar-refractivity contribution >= 4 is 11.6 Å². The van der Waals surface area contributed by atoms with Gasteiger partial charge < -0.3 is 19.7 Å². The summed E-state index contributed by atoms with van der Waals surface area (Å²) in [6, 6.07) is 19.0. The molecule has 0 spiro atoms. The van der Waals surface area contributed by atoms with Crippen LogP contribution in [-0.2, 0) is 11.4 Å². The molecule has 0 fully saturated rings. The molecule has 0 unspecified atom stereocenters. The van der Waals surface area contributed by atoms with Crippen LogP contribution in [0.1, 0.15) is 11.1 Å². The van der Waals surface area contributed by atoms with Gasteiger partial charge in [0.1, 0.15) is 18.1 Å². The summed E-state index contributed by atoms with van der Waals surface area (Å²) in [5.74, 6) is 1.23. The number of carbonyl (C=O) groups is 1. The maximum absolute atomic E-state index is 11.0. The quantitative estimate of drug-likeness (QED) is 0.291. The molecule has 4 aromatic rings. The molecule has 0 aliphatic carbocycles. The zero-order valence-electron chi connectivity index (χ0n) is 18.1. The van der Waals surface area contributed by atoms with E-state index in [1.165, 1.54) is 6.07 Å². The second kappa shape index (κ2) is 9.82. The van der Waals surface area contributed by atoms with Gasteiger partial charge in [-0.15, -0.1) is 0 Å². The Labute approximate surface area is 194 Å². The van der Waals surface area contributed by atoms with E-state index in [0.29, 0.717) is 28.8 Å². The van der Waals surface area contributed by atoms with E-state index in [9.17, 15) is 14.9 Å². The first-order valence-electron chi connectivity index (χ1n) is 10.2. The molecule has 3 aromatic carbocycles. The minimum atomic E-state index is -0.553. The van der Waals surface area contributed by atoms with Crippen LogP contribution in [0, 0.1) is 17.0 Å². The largest absolute Gasteiger partial charge is 0.489 e.